The fraction of sp³-hybridized carbons (Fsp3) is 0.929. The minimum absolute atomic E-state index is 0. The van der Waals surface area contributed by atoms with Gasteiger partial charge in [0.05, 0.1) is 6.04 Å². The van der Waals surface area contributed by atoms with Crippen molar-refractivity contribution in [1.82, 2.24) is 10.6 Å². The fourth-order valence-corrected chi connectivity index (χ4v) is 4.06. The molecule has 0 radical (unpaired) electrons. The molecule has 0 spiro atoms. The molecule has 4 atom stereocenters. The van der Waals surface area contributed by atoms with Crippen LogP contribution in [0.4, 0.5) is 0 Å². The average molecular weight is 273 g/mol. The molecule has 1 heterocycles. The number of halogens is 1. The van der Waals surface area contributed by atoms with E-state index in [0.717, 1.165) is 37.3 Å². The van der Waals surface area contributed by atoms with E-state index in [1.165, 1.54) is 38.5 Å². The second kappa shape index (κ2) is 6.25. The van der Waals surface area contributed by atoms with Crippen molar-refractivity contribution in [2.24, 2.45) is 17.8 Å². The highest BCUT2D eigenvalue weighted by molar-refractivity contribution is 5.85. The van der Waals surface area contributed by atoms with Crippen LogP contribution in [0.15, 0.2) is 0 Å². The van der Waals surface area contributed by atoms with Crippen LogP contribution < -0.4 is 10.6 Å². The Morgan fingerprint density at radius 3 is 2.67 bits per heavy atom. The summed E-state index contributed by atoms with van der Waals surface area (Å²) >= 11 is 0. The van der Waals surface area contributed by atoms with Crippen LogP contribution in [0.25, 0.3) is 0 Å². The second-order valence-corrected chi connectivity index (χ2v) is 6.18. The first-order valence-electron chi connectivity index (χ1n) is 7.34. The summed E-state index contributed by atoms with van der Waals surface area (Å²) in [6, 6.07) is 0.0855. The van der Waals surface area contributed by atoms with Crippen molar-refractivity contribution in [2.75, 3.05) is 13.1 Å². The SMILES string of the molecule is Cl.O=C(NCC1CC2CCC1C2)[C@H]1CCCCN1. The van der Waals surface area contributed by atoms with E-state index >= 15 is 0 Å². The Balaban J connectivity index is 0.00000120. The molecule has 18 heavy (non-hydrogen) atoms. The lowest BCUT2D eigenvalue weighted by molar-refractivity contribution is -0.123. The third-order valence-electron chi connectivity index (χ3n) is 5.05. The maximum atomic E-state index is 12.0. The first kappa shape index (κ1) is 14.1. The number of carbonyl (C=O) groups is 1. The summed E-state index contributed by atoms with van der Waals surface area (Å²) < 4.78 is 0. The lowest BCUT2D eigenvalue weighted by Gasteiger charge is -2.25. The molecule has 1 amide bonds. The lowest BCUT2D eigenvalue weighted by atomic mass is 9.89. The molecule has 3 aliphatic rings. The van der Waals surface area contributed by atoms with Gasteiger partial charge in [0, 0.05) is 6.54 Å². The monoisotopic (exact) mass is 272 g/mol. The third-order valence-corrected chi connectivity index (χ3v) is 5.05. The maximum Gasteiger partial charge on any atom is 0.237 e. The number of rotatable bonds is 3. The Kier molecular flexibility index (Phi) is 4.91. The Bertz CT molecular complexity index is 292. The van der Waals surface area contributed by atoms with Gasteiger partial charge in [-0.05, 0) is 56.4 Å². The third kappa shape index (κ3) is 3.00. The van der Waals surface area contributed by atoms with Gasteiger partial charge < -0.3 is 10.6 Å². The molecule has 2 N–H and O–H groups in total. The van der Waals surface area contributed by atoms with Crippen LogP contribution >= 0.6 is 12.4 Å². The van der Waals surface area contributed by atoms with Crippen molar-refractivity contribution < 1.29 is 4.79 Å². The maximum absolute atomic E-state index is 12.0. The molecule has 4 heteroatoms. The summed E-state index contributed by atoms with van der Waals surface area (Å²) in [6.45, 7) is 1.93. The normalized spacial score (nSPS) is 38.2. The summed E-state index contributed by atoms with van der Waals surface area (Å²) in [5.41, 5.74) is 0. The van der Waals surface area contributed by atoms with Crippen molar-refractivity contribution >= 4 is 18.3 Å². The van der Waals surface area contributed by atoms with E-state index in [-0.39, 0.29) is 24.4 Å². The van der Waals surface area contributed by atoms with E-state index in [9.17, 15) is 4.79 Å². The van der Waals surface area contributed by atoms with Crippen molar-refractivity contribution in [1.29, 1.82) is 0 Å². The Hall–Kier alpha value is -0.280. The zero-order chi connectivity index (χ0) is 11.7. The Morgan fingerprint density at radius 1 is 1.17 bits per heavy atom. The zero-order valence-electron chi connectivity index (χ0n) is 11.0. The van der Waals surface area contributed by atoms with Gasteiger partial charge >= 0.3 is 0 Å². The van der Waals surface area contributed by atoms with Crippen LogP contribution in [0, 0.1) is 17.8 Å². The van der Waals surface area contributed by atoms with E-state index in [1.807, 2.05) is 0 Å². The molecule has 2 saturated carbocycles. The summed E-state index contributed by atoms with van der Waals surface area (Å²) in [6.07, 6.45) is 9.08. The van der Waals surface area contributed by atoms with E-state index in [4.69, 9.17) is 0 Å². The number of amides is 1. The van der Waals surface area contributed by atoms with Crippen LogP contribution in [-0.2, 0) is 4.79 Å². The molecule has 3 nitrogen and oxygen atoms in total. The van der Waals surface area contributed by atoms with Gasteiger partial charge in [0.1, 0.15) is 0 Å². The topological polar surface area (TPSA) is 41.1 Å². The summed E-state index contributed by atoms with van der Waals surface area (Å²) in [4.78, 5) is 12.0. The molecule has 1 saturated heterocycles. The number of hydrogen-bond donors (Lipinski definition) is 2. The fourth-order valence-electron chi connectivity index (χ4n) is 4.06. The van der Waals surface area contributed by atoms with Gasteiger partial charge in [-0.1, -0.05) is 12.8 Å². The Morgan fingerprint density at radius 2 is 2.06 bits per heavy atom. The molecule has 104 valence electrons. The standard InChI is InChI=1S/C14H24N2O.ClH/c17-14(13-3-1-2-6-15-13)16-9-12-8-10-4-5-11(12)7-10;/h10-13,15H,1-9H2,(H,16,17);1H/t10?,11?,12?,13-;/m1./s1. The van der Waals surface area contributed by atoms with Crippen LogP contribution in [0.5, 0.6) is 0 Å². The predicted octanol–water partition coefficient (Wildman–Crippen LogP) is 2.10. The molecule has 3 unspecified atom stereocenters. The molecule has 1 aliphatic heterocycles. The smallest absolute Gasteiger partial charge is 0.237 e. The molecule has 3 rings (SSSR count). The first-order chi connectivity index (χ1) is 8.33. The van der Waals surface area contributed by atoms with E-state index < -0.39 is 0 Å². The first-order valence-corrected chi connectivity index (χ1v) is 7.34. The van der Waals surface area contributed by atoms with Gasteiger partial charge in [-0.15, -0.1) is 12.4 Å². The molecule has 3 fully saturated rings. The zero-order valence-corrected chi connectivity index (χ0v) is 11.8. The van der Waals surface area contributed by atoms with E-state index in [2.05, 4.69) is 10.6 Å². The minimum atomic E-state index is 0. The quantitative estimate of drug-likeness (QED) is 0.826. The number of fused-ring (bicyclic) bond motifs is 2. The van der Waals surface area contributed by atoms with Gasteiger partial charge in [0.25, 0.3) is 0 Å². The highest BCUT2D eigenvalue weighted by atomic mass is 35.5. The number of carbonyl (C=O) groups excluding carboxylic acids is 1. The van der Waals surface area contributed by atoms with Gasteiger partial charge in [-0.3, -0.25) is 4.79 Å². The van der Waals surface area contributed by atoms with Gasteiger partial charge in [0.2, 0.25) is 5.91 Å². The highest BCUT2D eigenvalue weighted by Gasteiger charge is 2.39. The molecule has 0 aromatic carbocycles. The van der Waals surface area contributed by atoms with Gasteiger partial charge in [-0.25, -0.2) is 0 Å². The summed E-state index contributed by atoms with van der Waals surface area (Å²) in [7, 11) is 0. The van der Waals surface area contributed by atoms with Crippen LogP contribution in [-0.4, -0.2) is 25.0 Å². The minimum Gasteiger partial charge on any atom is -0.354 e. The molecule has 2 aliphatic carbocycles. The largest absolute Gasteiger partial charge is 0.354 e. The van der Waals surface area contributed by atoms with E-state index in [1.54, 1.807) is 0 Å². The Labute approximate surface area is 116 Å². The summed E-state index contributed by atoms with van der Waals surface area (Å²) in [5.74, 6) is 2.92. The summed E-state index contributed by atoms with van der Waals surface area (Å²) in [5, 5.41) is 6.49. The van der Waals surface area contributed by atoms with Gasteiger partial charge in [0.15, 0.2) is 0 Å². The molecular formula is C14H25ClN2O. The average Bonchev–Trinajstić information content (AvgIpc) is 2.99. The second-order valence-electron chi connectivity index (χ2n) is 6.18. The van der Waals surface area contributed by atoms with Crippen molar-refractivity contribution in [3.8, 4) is 0 Å². The number of hydrogen-bond acceptors (Lipinski definition) is 2. The van der Waals surface area contributed by atoms with Crippen molar-refractivity contribution in [2.45, 2.75) is 51.0 Å². The molecule has 0 aromatic heterocycles. The highest BCUT2D eigenvalue weighted by Crippen LogP contribution is 2.47. The van der Waals surface area contributed by atoms with Gasteiger partial charge in [-0.2, -0.15) is 0 Å². The number of piperidine rings is 1. The van der Waals surface area contributed by atoms with Crippen LogP contribution in [0.1, 0.15) is 44.9 Å². The predicted molar refractivity (Wildman–Crippen MR) is 74.8 cm³/mol. The lowest BCUT2D eigenvalue weighted by Crippen LogP contribution is -2.47. The molecular weight excluding hydrogens is 248 g/mol. The van der Waals surface area contributed by atoms with E-state index in [0.29, 0.717) is 0 Å². The number of nitrogens with one attached hydrogen (secondary N) is 2. The molecule has 0 aromatic rings. The molecule has 2 bridgehead atoms. The van der Waals surface area contributed by atoms with Crippen LogP contribution in [0.3, 0.4) is 0 Å². The van der Waals surface area contributed by atoms with Crippen LogP contribution in [0.2, 0.25) is 0 Å². The van der Waals surface area contributed by atoms with Crippen molar-refractivity contribution in [3.63, 3.8) is 0 Å². The van der Waals surface area contributed by atoms with Crippen molar-refractivity contribution in [3.05, 3.63) is 0 Å².